The van der Waals surface area contributed by atoms with E-state index < -0.39 is 5.41 Å². The first-order valence-electron chi connectivity index (χ1n) is 21.8. The number of hydrogen-bond acceptors (Lipinski definition) is 2. The minimum atomic E-state index is -0.396. The molecule has 7 aromatic rings. The van der Waals surface area contributed by atoms with E-state index in [0.29, 0.717) is 11.8 Å². The number of allylic oxidation sites excluding steroid dienone is 7. The highest BCUT2D eigenvalue weighted by atomic mass is 14.8. The predicted molar refractivity (Wildman–Crippen MR) is 262 cm³/mol. The summed E-state index contributed by atoms with van der Waals surface area (Å²) in [5.74, 6) is 0.894. The van der Waals surface area contributed by atoms with Gasteiger partial charge in [0.05, 0.1) is 28.4 Å². The second kappa shape index (κ2) is 15.9. The summed E-state index contributed by atoms with van der Waals surface area (Å²) < 4.78 is 0. The van der Waals surface area contributed by atoms with Gasteiger partial charge in [0.15, 0.2) is 0 Å². The largest absolute Gasteiger partial charge is 0.276 e. The summed E-state index contributed by atoms with van der Waals surface area (Å²) in [7, 11) is 0. The van der Waals surface area contributed by atoms with Gasteiger partial charge in [-0.15, -0.1) is 0 Å². The molecule has 3 aliphatic carbocycles. The minimum absolute atomic E-state index is 0.184. The summed E-state index contributed by atoms with van der Waals surface area (Å²) in [5.41, 5.74) is 16.2. The van der Waals surface area contributed by atoms with Crippen LogP contribution in [0.3, 0.4) is 0 Å². The molecule has 0 radical (unpaired) electrons. The molecule has 62 heavy (non-hydrogen) atoms. The SMILES string of the molecule is CC1C=CC=CC1C1(c2ccccc2)c2cc(/C=C/c3ccc(C4=NC5C=CC=CC5C=C4)cc3)ccc2-c2ccc(/C=C/c3ccc(-c4ccc5ccccc5n4)cc3)cc21. The maximum absolute atomic E-state index is 5.04. The summed E-state index contributed by atoms with van der Waals surface area (Å²) >= 11 is 0. The number of dihydropyridines is 1. The number of aliphatic imine (C=N–C) groups is 1. The van der Waals surface area contributed by atoms with Gasteiger partial charge in [-0.3, -0.25) is 4.99 Å². The lowest BCUT2D eigenvalue weighted by molar-refractivity contribution is 0.374. The van der Waals surface area contributed by atoms with E-state index in [2.05, 4.69) is 238 Å². The molecule has 0 fully saturated rings. The lowest BCUT2D eigenvalue weighted by Gasteiger charge is -2.42. The Balaban J connectivity index is 0.933. The Bertz CT molecular complexity index is 3080. The molecular weight excluding hydrogens is 749 g/mol. The van der Waals surface area contributed by atoms with E-state index in [9.17, 15) is 0 Å². The van der Waals surface area contributed by atoms with Crippen LogP contribution >= 0.6 is 0 Å². The van der Waals surface area contributed by atoms with Gasteiger partial charge in [-0.1, -0.05) is 213 Å². The Morgan fingerprint density at radius 3 is 1.81 bits per heavy atom. The van der Waals surface area contributed by atoms with E-state index in [-0.39, 0.29) is 12.0 Å². The van der Waals surface area contributed by atoms with Crippen LogP contribution < -0.4 is 0 Å². The minimum Gasteiger partial charge on any atom is -0.276 e. The first kappa shape index (κ1) is 37.6. The van der Waals surface area contributed by atoms with E-state index in [4.69, 9.17) is 9.98 Å². The molecule has 1 aromatic heterocycles. The van der Waals surface area contributed by atoms with E-state index >= 15 is 0 Å². The summed E-state index contributed by atoms with van der Waals surface area (Å²) in [6.45, 7) is 2.37. The molecule has 296 valence electrons. The van der Waals surface area contributed by atoms with Crippen molar-refractivity contribution < 1.29 is 0 Å². The molecule has 0 saturated carbocycles. The van der Waals surface area contributed by atoms with Crippen LogP contribution in [0.15, 0.2) is 217 Å². The van der Waals surface area contributed by atoms with Crippen molar-refractivity contribution in [3.05, 3.63) is 257 Å². The normalized spacial score (nSPS) is 22.0. The van der Waals surface area contributed by atoms with Crippen molar-refractivity contribution in [2.75, 3.05) is 0 Å². The lowest BCUT2D eigenvalue weighted by Crippen LogP contribution is -2.39. The molecule has 5 atom stereocenters. The van der Waals surface area contributed by atoms with Gasteiger partial charge in [-0.2, -0.15) is 0 Å². The summed E-state index contributed by atoms with van der Waals surface area (Å²) in [6.07, 6.45) is 31.3. The molecule has 11 rings (SSSR count). The zero-order valence-electron chi connectivity index (χ0n) is 34.7. The number of nitrogens with zero attached hydrogens (tertiary/aromatic N) is 2. The molecule has 5 unspecified atom stereocenters. The zero-order valence-corrected chi connectivity index (χ0v) is 34.7. The van der Waals surface area contributed by atoms with Crippen LogP contribution in [0.5, 0.6) is 0 Å². The van der Waals surface area contributed by atoms with Gasteiger partial charge >= 0.3 is 0 Å². The van der Waals surface area contributed by atoms with Crippen LogP contribution in [-0.4, -0.2) is 16.7 Å². The molecule has 0 bridgehead atoms. The highest BCUT2D eigenvalue weighted by molar-refractivity contribution is 6.09. The second-order valence-electron chi connectivity index (χ2n) is 16.9. The Labute approximate surface area is 364 Å². The summed E-state index contributed by atoms with van der Waals surface area (Å²) in [6, 6.07) is 55.6. The first-order chi connectivity index (χ1) is 30.6. The Morgan fingerprint density at radius 2 is 1.10 bits per heavy atom. The number of hydrogen-bond donors (Lipinski definition) is 0. The van der Waals surface area contributed by atoms with Crippen molar-refractivity contribution in [3.63, 3.8) is 0 Å². The van der Waals surface area contributed by atoms with Crippen molar-refractivity contribution >= 4 is 40.9 Å². The summed E-state index contributed by atoms with van der Waals surface area (Å²) in [4.78, 5) is 9.96. The van der Waals surface area contributed by atoms with Gasteiger partial charge in [-0.05, 0) is 91.9 Å². The topological polar surface area (TPSA) is 25.2 Å². The number of rotatable bonds is 8. The van der Waals surface area contributed by atoms with E-state index in [0.717, 1.165) is 44.6 Å². The number of aromatic nitrogens is 1. The monoisotopic (exact) mass is 794 g/mol. The third-order valence-electron chi connectivity index (χ3n) is 13.2. The third-order valence-corrected chi connectivity index (χ3v) is 13.2. The second-order valence-corrected chi connectivity index (χ2v) is 16.9. The smallest absolute Gasteiger partial charge is 0.0787 e. The average Bonchev–Trinajstić information content (AvgIpc) is 3.62. The summed E-state index contributed by atoms with van der Waals surface area (Å²) in [5, 5.41) is 1.15. The molecule has 0 amide bonds. The van der Waals surface area contributed by atoms with Crippen LogP contribution in [0.2, 0.25) is 0 Å². The Hall–Kier alpha value is -7.42. The number of para-hydroxylation sites is 1. The van der Waals surface area contributed by atoms with Crippen LogP contribution in [0.1, 0.15) is 51.4 Å². The van der Waals surface area contributed by atoms with Gasteiger partial charge in [0.25, 0.3) is 0 Å². The fraction of sp³-hybridized carbons (Fsp3) is 0.100. The van der Waals surface area contributed by atoms with Crippen molar-refractivity contribution in [1.29, 1.82) is 0 Å². The van der Waals surface area contributed by atoms with E-state index in [1.807, 2.05) is 6.07 Å². The van der Waals surface area contributed by atoms with Crippen molar-refractivity contribution in [2.45, 2.75) is 18.4 Å². The van der Waals surface area contributed by atoms with Gasteiger partial charge in [0.2, 0.25) is 0 Å². The Morgan fingerprint density at radius 1 is 0.500 bits per heavy atom. The van der Waals surface area contributed by atoms with Gasteiger partial charge in [0, 0.05) is 22.8 Å². The van der Waals surface area contributed by atoms with Gasteiger partial charge in [-0.25, -0.2) is 4.98 Å². The maximum Gasteiger partial charge on any atom is 0.0787 e. The van der Waals surface area contributed by atoms with Crippen molar-refractivity contribution in [1.82, 2.24) is 4.98 Å². The molecule has 1 aliphatic heterocycles. The molecular formula is C60H46N2. The molecule has 6 aromatic carbocycles. The highest BCUT2D eigenvalue weighted by Crippen LogP contribution is 2.59. The number of fused-ring (bicyclic) bond motifs is 5. The van der Waals surface area contributed by atoms with E-state index in [1.54, 1.807) is 0 Å². The molecule has 2 heterocycles. The van der Waals surface area contributed by atoms with Crippen LogP contribution in [0, 0.1) is 17.8 Å². The number of pyridine rings is 1. The molecule has 0 spiro atoms. The zero-order chi connectivity index (χ0) is 41.5. The van der Waals surface area contributed by atoms with Crippen LogP contribution in [-0.2, 0) is 5.41 Å². The third kappa shape index (κ3) is 6.79. The standard InChI is InChI=1S/C60H46N2/c1-41-11-5-8-16-53(41)60(50-14-3-2-4-15-50)54-39-44(21-19-42-23-29-48(30-24-42)58-37-33-46-12-6-9-17-56(46)61-58)27-35-51(54)52-36-28-45(40-55(52)60)22-20-43-25-31-49(32-26-43)59-38-34-47-13-7-10-18-57(47)62-59/h2-41,46,53,56H,1H3/b21-19+,22-20+. The number of benzene rings is 6. The highest BCUT2D eigenvalue weighted by Gasteiger charge is 2.50. The van der Waals surface area contributed by atoms with Gasteiger partial charge in [0.1, 0.15) is 0 Å². The van der Waals surface area contributed by atoms with E-state index in [1.165, 1.54) is 38.9 Å². The fourth-order valence-electron chi connectivity index (χ4n) is 10.1. The Kier molecular flexibility index (Phi) is 9.62. The molecule has 0 N–H and O–H groups in total. The average molecular weight is 795 g/mol. The lowest BCUT2D eigenvalue weighted by atomic mass is 9.59. The van der Waals surface area contributed by atoms with Crippen LogP contribution in [0.4, 0.5) is 0 Å². The molecule has 2 heteroatoms. The van der Waals surface area contributed by atoms with Crippen LogP contribution in [0.25, 0.3) is 57.6 Å². The van der Waals surface area contributed by atoms with Gasteiger partial charge < -0.3 is 0 Å². The van der Waals surface area contributed by atoms with Crippen molar-refractivity contribution in [2.24, 2.45) is 22.7 Å². The fourth-order valence-corrected chi connectivity index (χ4v) is 10.1. The first-order valence-corrected chi connectivity index (χ1v) is 21.8. The molecule has 2 nitrogen and oxygen atoms in total. The molecule has 0 saturated heterocycles. The maximum atomic E-state index is 5.04. The van der Waals surface area contributed by atoms with Crippen molar-refractivity contribution in [3.8, 4) is 22.4 Å². The quantitative estimate of drug-likeness (QED) is 0.141. The molecule has 4 aliphatic rings. The predicted octanol–water partition coefficient (Wildman–Crippen LogP) is 14.4.